The van der Waals surface area contributed by atoms with Crippen LogP contribution in [0.2, 0.25) is 0 Å². The van der Waals surface area contributed by atoms with Crippen LogP contribution in [0.15, 0.2) is 60.7 Å². The molecule has 2 heterocycles. The van der Waals surface area contributed by atoms with Gasteiger partial charge >= 0.3 is 0 Å². The number of nitrogens with zero attached hydrogens (tertiary/aromatic N) is 1. The van der Waals surface area contributed by atoms with Crippen molar-refractivity contribution < 1.29 is 14.3 Å². The molecule has 0 unspecified atom stereocenters. The number of carbonyl (C=O) groups excluding carboxylic acids is 1. The number of carbonyl (C=O) groups is 1. The molecule has 1 saturated heterocycles. The molecule has 5 heteroatoms. The lowest BCUT2D eigenvalue weighted by molar-refractivity contribution is 0.0679. The van der Waals surface area contributed by atoms with Gasteiger partial charge in [0.1, 0.15) is 18.1 Å². The van der Waals surface area contributed by atoms with E-state index < -0.39 is 0 Å². The number of benzene rings is 2. The zero-order valence-corrected chi connectivity index (χ0v) is 14.4. The molecule has 0 bridgehead atoms. The van der Waals surface area contributed by atoms with Crippen LogP contribution in [0.1, 0.15) is 23.3 Å². The van der Waals surface area contributed by atoms with Gasteiger partial charge in [0.15, 0.2) is 0 Å². The van der Waals surface area contributed by atoms with Gasteiger partial charge in [0.2, 0.25) is 0 Å². The Morgan fingerprint density at radius 3 is 2.77 bits per heavy atom. The minimum absolute atomic E-state index is 0.188. The van der Waals surface area contributed by atoms with Crippen molar-refractivity contribution in [2.75, 3.05) is 18.5 Å². The van der Waals surface area contributed by atoms with Crippen LogP contribution in [-0.2, 0) is 4.74 Å². The van der Waals surface area contributed by atoms with Gasteiger partial charge in [-0.3, -0.25) is 4.79 Å². The number of hydrogen-bond donors (Lipinski definition) is 1. The molecule has 0 saturated carbocycles. The van der Waals surface area contributed by atoms with E-state index in [1.807, 2.05) is 54.6 Å². The lowest BCUT2D eigenvalue weighted by Crippen LogP contribution is -2.16. The van der Waals surface area contributed by atoms with Crippen LogP contribution in [0, 0.1) is 0 Å². The molecule has 1 fully saturated rings. The van der Waals surface area contributed by atoms with Crippen LogP contribution < -0.4 is 10.1 Å². The molecule has 1 aliphatic heterocycles. The van der Waals surface area contributed by atoms with Crippen molar-refractivity contribution in [3.05, 3.63) is 66.4 Å². The highest BCUT2D eigenvalue weighted by Crippen LogP contribution is 2.19. The van der Waals surface area contributed by atoms with Crippen molar-refractivity contribution in [2.24, 2.45) is 0 Å². The number of amides is 1. The predicted molar refractivity (Wildman–Crippen MR) is 101 cm³/mol. The topological polar surface area (TPSA) is 60.5 Å². The summed E-state index contributed by atoms with van der Waals surface area (Å²) in [5, 5.41) is 3.88. The van der Waals surface area contributed by atoms with E-state index in [2.05, 4.69) is 10.3 Å². The number of hydrogen-bond acceptors (Lipinski definition) is 4. The fraction of sp³-hybridized carbons (Fsp3) is 0.238. The van der Waals surface area contributed by atoms with Crippen LogP contribution in [0.5, 0.6) is 5.75 Å². The molecule has 0 spiro atoms. The highest BCUT2D eigenvalue weighted by molar-refractivity contribution is 6.04. The fourth-order valence-electron chi connectivity index (χ4n) is 2.99. The third-order valence-corrected chi connectivity index (χ3v) is 4.40. The predicted octanol–water partition coefficient (Wildman–Crippen LogP) is 4.04. The quantitative estimate of drug-likeness (QED) is 0.756. The van der Waals surface area contributed by atoms with Crippen LogP contribution in [-0.4, -0.2) is 30.2 Å². The molecule has 0 aliphatic carbocycles. The maximum atomic E-state index is 12.4. The standard InChI is InChI=1S/C21H20N2O3/c24-21(20-12-7-15-4-1-2-6-19(15)23-20)22-16-8-10-17(11-9-16)26-14-18-5-3-13-25-18/h1-2,4,6-12,18H,3,5,13-14H2,(H,22,24)/t18-/m0/s1. The van der Waals surface area contributed by atoms with E-state index in [0.29, 0.717) is 18.0 Å². The van der Waals surface area contributed by atoms with Crippen molar-refractivity contribution in [3.8, 4) is 5.75 Å². The second kappa shape index (κ2) is 7.54. The Morgan fingerprint density at radius 1 is 1.12 bits per heavy atom. The SMILES string of the molecule is O=C(Nc1ccc(OC[C@@H]2CCCO2)cc1)c1ccc2ccccc2n1. The molecule has 132 valence electrons. The summed E-state index contributed by atoms with van der Waals surface area (Å²) >= 11 is 0. The molecule has 0 radical (unpaired) electrons. The van der Waals surface area contributed by atoms with E-state index in [9.17, 15) is 4.79 Å². The van der Waals surface area contributed by atoms with Crippen molar-refractivity contribution in [1.82, 2.24) is 4.98 Å². The molecule has 5 nitrogen and oxygen atoms in total. The summed E-state index contributed by atoms with van der Waals surface area (Å²) in [6.45, 7) is 1.38. The largest absolute Gasteiger partial charge is 0.491 e. The third-order valence-electron chi connectivity index (χ3n) is 4.40. The number of nitrogens with one attached hydrogen (secondary N) is 1. The Labute approximate surface area is 152 Å². The minimum Gasteiger partial charge on any atom is -0.491 e. The first kappa shape index (κ1) is 16.5. The fourth-order valence-corrected chi connectivity index (χ4v) is 2.99. The van der Waals surface area contributed by atoms with E-state index in [1.165, 1.54) is 0 Å². The summed E-state index contributed by atoms with van der Waals surface area (Å²) in [6.07, 6.45) is 2.34. The second-order valence-electron chi connectivity index (χ2n) is 6.31. The smallest absolute Gasteiger partial charge is 0.274 e. The van der Waals surface area contributed by atoms with Gasteiger partial charge in [-0.05, 0) is 49.2 Å². The Balaban J connectivity index is 1.38. The van der Waals surface area contributed by atoms with Gasteiger partial charge in [0.05, 0.1) is 11.6 Å². The highest BCUT2D eigenvalue weighted by atomic mass is 16.5. The minimum atomic E-state index is -0.233. The Kier molecular flexibility index (Phi) is 4.80. The molecule has 1 aliphatic rings. The molecule has 1 atom stereocenters. The van der Waals surface area contributed by atoms with Gasteiger partial charge < -0.3 is 14.8 Å². The molecular formula is C21H20N2O3. The average molecular weight is 348 g/mol. The molecule has 1 amide bonds. The van der Waals surface area contributed by atoms with E-state index in [1.54, 1.807) is 6.07 Å². The summed E-state index contributed by atoms with van der Waals surface area (Å²) in [5.74, 6) is 0.533. The van der Waals surface area contributed by atoms with Crippen molar-refractivity contribution in [2.45, 2.75) is 18.9 Å². The molecule has 4 rings (SSSR count). The van der Waals surface area contributed by atoms with E-state index in [4.69, 9.17) is 9.47 Å². The monoisotopic (exact) mass is 348 g/mol. The van der Waals surface area contributed by atoms with Gasteiger partial charge in [-0.1, -0.05) is 24.3 Å². The Bertz CT molecular complexity index is 903. The number of para-hydroxylation sites is 1. The molecule has 1 N–H and O–H groups in total. The Morgan fingerprint density at radius 2 is 1.96 bits per heavy atom. The number of aromatic nitrogens is 1. The Hall–Kier alpha value is -2.92. The van der Waals surface area contributed by atoms with Crippen LogP contribution >= 0.6 is 0 Å². The number of pyridine rings is 1. The van der Waals surface area contributed by atoms with Crippen LogP contribution in [0.25, 0.3) is 10.9 Å². The van der Waals surface area contributed by atoms with Crippen molar-refractivity contribution in [1.29, 1.82) is 0 Å². The van der Waals surface area contributed by atoms with Crippen LogP contribution in [0.3, 0.4) is 0 Å². The molecular weight excluding hydrogens is 328 g/mol. The summed E-state index contributed by atoms with van der Waals surface area (Å²) in [7, 11) is 0. The molecule has 2 aromatic carbocycles. The second-order valence-corrected chi connectivity index (χ2v) is 6.31. The molecule has 1 aromatic heterocycles. The normalized spacial score (nSPS) is 16.5. The number of fused-ring (bicyclic) bond motifs is 1. The lowest BCUT2D eigenvalue weighted by Gasteiger charge is -2.12. The van der Waals surface area contributed by atoms with Gasteiger partial charge in [-0.15, -0.1) is 0 Å². The number of anilines is 1. The first-order valence-corrected chi connectivity index (χ1v) is 8.79. The summed E-state index contributed by atoms with van der Waals surface area (Å²) in [4.78, 5) is 16.8. The van der Waals surface area contributed by atoms with Gasteiger partial charge in [0.25, 0.3) is 5.91 Å². The highest BCUT2D eigenvalue weighted by Gasteiger charge is 2.16. The van der Waals surface area contributed by atoms with E-state index >= 15 is 0 Å². The van der Waals surface area contributed by atoms with Gasteiger partial charge in [-0.25, -0.2) is 4.98 Å². The summed E-state index contributed by atoms with van der Waals surface area (Å²) in [6, 6.07) is 18.7. The van der Waals surface area contributed by atoms with E-state index in [0.717, 1.165) is 36.1 Å². The summed E-state index contributed by atoms with van der Waals surface area (Å²) in [5.41, 5.74) is 1.90. The average Bonchev–Trinajstić information content (AvgIpc) is 3.21. The van der Waals surface area contributed by atoms with Gasteiger partial charge in [0, 0.05) is 17.7 Å². The third kappa shape index (κ3) is 3.83. The first-order chi connectivity index (χ1) is 12.8. The molecule has 26 heavy (non-hydrogen) atoms. The number of rotatable bonds is 5. The first-order valence-electron chi connectivity index (χ1n) is 8.79. The zero-order chi connectivity index (χ0) is 17.8. The molecule has 3 aromatic rings. The maximum absolute atomic E-state index is 12.4. The van der Waals surface area contributed by atoms with Gasteiger partial charge in [-0.2, -0.15) is 0 Å². The number of ether oxygens (including phenoxy) is 2. The lowest BCUT2D eigenvalue weighted by atomic mass is 10.2. The summed E-state index contributed by atoms with van der Waals surface area (Å²) < 4.78 is 11.3. The van der Waals surface area contributed by atoms with Crippen molar-refractivity contribution in [3.63, 3.8) is 0 Å². The van der Waals surface area contributed by atoms with Crippen LogP contribution in [0.4, 0.5) is 5.69 Å². The maximum Gasteiger partial charge on any atom is 0.274 e. The van der Waals surface area contributed by atoms with Crippen molar-refractivity contribution >= 4 is 22.5 Å². The zero-order valence-electron chi connectivity index (χ0n) is 14.4. The van der Waals surface area contributed by atoms with E-state index in [-0.39, 0.29) is 12.0 Å².